The Kier molecular flexibility index (Phi) is 3.07. The van der Waals surface area contributed by atoms with Crippen LogP contribution < -0.4 is 5.14 Å². The topological polar surface area (TPSA) is 70.2 Å². The summed E-state index contributed by atoms with van der Waals surface area (Å²) in [6.45, 7) is 3.74. The number of hydrogen-bond acceptors (Lipinski definition) is 3. The molecule has 3 N–H and O–H groups in total. The number of benzene rings is 1. The molecule has 0 bridgehead atoms. The van der Waals surface area contributed by atoms with Gasteiger partial charge in [0.1, 0.15) is 9.92 Å². The molecule has 92 valence electrons. The Labute approximate surface area is 102 Å². The van der Waals surface area contributed by atoms with Crippen LogP contribution in [0, 0.1) is 11.7 Å². The maximum Gasteiger partial charge on any atom is 0.132 e. The summed E-state index contributed by atoms with van der Waals surface area (Å²) in [7, 11) is -1.04. The molecule has 0 radical (unpaired) electrons. The van der Waals surface area contributed by atoms with E-state index in [2.05, 4.69) is 18.0 Å². The number of nitrogens with one attached hydrogen (secondary N) is 1. The second-order valence-electron chi connectivity index (χ2n) is 4.51. The zero-order valence-corrected chi connectivity index (χ0v) is 10.9. The number of nitrogens with two attached hydrogens (primary N) is 1. The van der Waals surface area contributed by atoms with Crippen molar-refractivity contribution in [3.8, 4) is 0 Å². The van der Waals surface area contributed by atoms with Crippen LogP contribution in [0.4, 0.5) is 0 Å². The second-order valence-corrected chi connectivity index (χ2v) is 6.15. The summed E-state index contributed by atoms with van der Waals surface area (Å²) in [4.78, 5) is 2.64. The van der Waals surface area contributed by atoms with Gasteiger partial charge in [-0.15, -0.1) is 0 Å². The summed E-state index contributed by atoms with van der Waals surface area (Å²) in [5.74, 6) is 0. The summed E-state index contributed by atoms with van der Waals surface area (Å²) in [6.07, 6.45) is 2.19. The standard InChI is InChI=1S/C12H17N3OS/c1-9-7-10(11-5-6-15(2)8-11)3-4-12(9)17(13,14)16/h3-5,7H,6,8H2,1-2H3,(H3,13,14,16). The molecule has 1 unspecified atom stereocenters. The van der Waals surface area contributed by atoms with Gasteiger partial charge < -0.3 is 0 Å². The zero-order chi connectivity index (χ0) is 12.6. The minimum Gasteiger partial charge on any atom is -0.298 e. The van der Waals surface area contributed by atoms with Crippen LogP contribution in [0.3, 0.4) is 0 Å². The molecule has 4 nitrogen and oxygen atoms in total. The van der Waals surface area contributed by atoms with Gasteiger partial charge in [0.05, 0.1) is 4.90 Å². The third-order valence-corrected chi connectivity index (χ3v) is 4.07. The van der Waals surface area contributed by atoms with Gasteiger partial charge in [0.25, 0.3) is 0 Å². The Hall–Kier alpha value is -1.17. The van der Waals surface area contributed by atoms with Crippen LogP contribution in [-0.4, -0.2) is 29.2 Å². The van der Waals surface area contributed by atoms with E-state index < -0.39 is 9.92 Å². The van der Waals surface area contributed by atoms with E-state index in [-0.39, 0.29) is 0 Å². The van der Waals surface area contributed by atoms with E-state index in [1.807, 2.05) is 19.1 Å². The smallest absolute Gasteiger partial charge is 0.132 e. The van der Waals surface area contributed by atoms with E-state index >= 15 is 0 Å². The minimum atomic E-state index is -3.11. The fraction of sp³-hybridized carbons (Fsp3) is 0.333. The van der Waals surface area contributed by atoms with E-state index in [4.69, 9.17) is 9.92 Å². The molecule has 1 aliphatic rings. The first-order valence-electron chi connectivity index (χ1n) is 5.43. The van der Waals surface area contributed by atoms with Crippen LogP contribution >= 0.6 is 0 Å². The van der Waals surface area contributed by atoms with Gasteiger partial charge in [0, 0.05) is 13.1 Å². The Bertz CT molecular complexity index is 575. The summed E-state index contributed by atoms with van der Waals surface area (Å²) >= 11 is 0. The van der Waals surface area contributed by atoms with Gasteiger partial charge in [0.15, 0.2) is 0 Å². The van der Waals surface area contributed by atoms with Crippen LogP contribution in [0.1, 0.15) is 11.1 Å². The Balaban J connectivity index is 2.39. The van der Waals surface area contributed by atoms with Gasteiger partial charge >= 0.3 is 0 Å². The van der Waals surface area contributed by atoms with E-state index in [0.717, 1.165) is 24.2 Å². The van der Waals surface area contributed by atoms with Gasteiger partial charge in [-0.1, -0.05) is 18.2 Å². The largest absolute Gasteiger partial charge is 0.298 e. The van der Waals surface area contributed by atoms with Crippen molar-refractivity contribution >= 4 is 15.5 Å². The Morgan fingerprint density at radius 2 is 2.18 bits per heavy atom. The summed E-state index contributed by atoms with van der Waals surface area (Å²) in [5, 5.41) is 5.35. The van der Waals surface area contributed by atoms with Crippen LogP contribution in [0.15, 0.2) is 29.2 Å². The molecule has 0 aromatic heterocycles. The molecule has 1 aromatic rings. The van der Waals surface area contributed by atoms with Gasteiger partial charge in [-0.05, 0) is 36.7 Å². The SMILES string of the molecule is Cc1cc(C2=CCN(C)C2)ccc1S(=N)(N)=O. The molecule has 1 aromatic carbocycles. The van der Waals surface area contributed by atoms with Crippen molar-refractivity contribution < 1.29 is 4.21 Å². The predicted molar refractivity (Wildman–Crippen MR) is 70.0 cm³/mol. The molecule has 0 spiro atoms. The quantitative estimate of drug-likeness (QED) is 0.838. The van der Waals surface area contributed by atoms with Crippen LogP contribution in [0.5, 0.6) is 0 Å². The third kappa shape index (κ3) is 2.57. The molecule has 0 fully saturated rings. The van der Waals surface area contributed by atoms with Gasteiger partial charge in [-0.2, -0.15) is 0 Å². The number of hydrogen-bond donors (Lipinski definition) is 2. The van der Waals surface area contributed by atoms with Crippen molar-refractivity contribution in [3.05, 3.63) is 35.4 Å². The normalized spacial score (nSPS) is 20.1. The molecule has 5 heteroatoms. The third-order valence-electron chi connectivity index (χ3n) is 2.96. The Morgan fingerprint density at radius 1 is 1.47 bits per heavy atom. The average molecular weight is 251 g/mol. The lowest BCUT2D eigenvalue weighted by atomic mass is 10.0. The molecular formula is C12H17N3OS. The molecule has 2 rings (SSSR count). The molecular weight excluding hydrogens is 234 g/mol. The fourth-order valence-corrected chi connectivity index (χ4v) is 2.89. The summed E-state index contributed by atoms with van der Waals surface area (Å²) < 4.78 is 18.9. The fourth-order valence-electron chi connectivity index (χ4n) is 2.08. The van der Waals surface area contributed by atoms with Crippen molar-refractivity contribution in [2.45, 2.75) is 11.8 Å². The number of nitrogens with zero attached hydrogens (tertiary/aromatic N) is 1. The predicted octanol–water partition coefficient (Wildman–Crippen LogP) is 1.60. The molecule has 0 amide bonds. The van der Waals surface area contributed by atoms with Crippen LogP contribution in [0.2, 0.25) is 0 Å². The molecule has 0 saturated heterocycles. The van der Waals surface area contributed by atoms with Crippen molar-refractivity contribution in [2.24, 2.45) is 5.14 Å². The average Bonchev–Trinajstić information content (AvgIpc) is 2.62. The highest BCUT2D eigenvalue weighted by Crippen LogP contribution is 2.24. The van der Waals surface area contributed by atoms with Crippen molar-refractivity contribution in [2.75, 3.05) is 20.1 Å². The molecule has 0 saturated carbocycles. The molecule has 1 heterocycles. The molecule has 1 atom stereocenters. The summed E-state index contributed by atoms with van der Waals surface area (Å²) in [6, 6.07) is 5.56. The minimum absolute atomic E-state index is 0.424. The summed E-state index contributed by atoms with van der Waals surface area (Å²) in [5.41, 5.74) is 3.22. The van der Waals surface area contributed by atoms with E-state index in [1.54, 1.807) is 6.07 Å². The maximum atomic E-state index is 11.5. The van der Waals surface area contributed by atoms with Gasteiger partial charge in [-0.25, -0.2) is 14.1 Å². The van der Waals surface area contributed by atoms with Crippen LogP contribution in [0.25, 0.3) is 5.57 Å². The van der Waals surface area contributed by atoms with Crippen molar-refractivity contribution in [1.29, 1.82) is 4.78 Å². The van der Waals surface area contributed by atoms with Gasteiger partial charge in [-0.3, -0.25) is 4.90 Å². The number of aryl methyl sites for hydroxylation is 1. The monoisotopic (exact) mass is 251 g/mol. The zero-order valence-electron chi connectivity index (χ0n) is 10.1. The molecule has 0 aliphatic carbocycles. The number of likely N-dealkylation sites (N-methyl/N-ethyl adjacent to an activating group) is 1. The highest BCUT2D eigenvalue weighted by molar-refractivity contribution is 7.90. The number of rotatable bonds is 2. The van der Waals surface area contributed by atoms with Crippen molar-refractivity contribution in [1.82, 2.24) is 4.90 Å². The molecule has 1 aliphatic heterocycles. The highest BCUT2D eigenvalue weighted by atomic mass is 32.2. The lowest BCUT2D eigenvalue weighted by Gasteiger charge is -2.11. The van der Waals surface area contributed by atoms with Gasteiger partial charge in [0.2, 0.25) is 0 Å². The first kappa shape index (κ1) is 12.3. The Morgan fingerprint density at radius 3 is 2.65 bits per heavy atom. The first-order chi connectivity index (χ1) is 7.88. The molecule has 17 heavy (non-hydrogen) atoms. The van der Waals surface area contributed by atoms with Crippen molar-refractivity contribution in [3.63, 3.8) is 0 Å². The first-order valence-corrected chi connectivity index (χ1v) is 7.05. The second kappa shape index (κ2) is 4.25. The van der Waals surface area contributed by atoms with E-state index in [9.17, 15) is 4.21 Å². The highest BCUT2D eigenvalue weighted by Gasteiger charge is 2.14. The van der Waals surface area contributed by atoms with Crippen LogP contribution in [-0.2, 0) is 9.92 Å². The lowest BCUT2D eigenvalue weighted by Crippen LogP contribution is -2.14. The lowest BCUT2D eigenvalue weighted by molar-refractivity contribution is 0.438. The maximum absolute atomic E-state index is 11.5. The van der Waals surface area contributed by atoms with E-state index in [0.29, 0.717) is 4.90 Å². The van der Waals surface area contributed by atoms with E-state index in [1.165, 1.54) is 5.57 Å².